The summed E-state index contributed by atoms with van der Waals surface area (Å²) in [5.41, 5.74) is 0. The number of thioether (sulfide) groups is 1. The molecule has 2 rings (SSSR count). The molecule has 1 aromatic carbocycles. The van der Waals surface area contributed by atoms with E-state index in [2.05, 4.69) is 0 Å². The molecule has 1 fully saturated rings. The first kappa shape index (κ1) is 12.9. The monoisotopic (exact) mass is 270 g/mol. The Morgan fingerprint density at radius 3 is 3.12 bits per heavy atom. The summed E-state index contributed by atoms with van der Waals surface area (Å²) >= 11 is 7.44. The number of halogens is 1. The summed E-state index contributed by atoms with van der Waals surface area (Å²) in [6.45, 7) is 1.39. The molecule has 17 heavy (non-hydrogen) atoms. The van der Waals surface area contributed by atoms with Gasteiger partial charge in [-0.3, -0.25) is 4.79 Å². The van der Waals surface area contributed by atoms with Gasteiger partial charge >= 0.3 is 0 Å². The first-order valence-corrected chi connectivity index (χ1v) is 7.11. The number of hydrogen-bond donors (Lipinski definition) is 0. The Labute approximate surface area is 111 Å². The van der Waals surface area contributed by atoms with Crippen LogP contribution < -0.4 is 0 Å². The lowest BCUT2D eigenvalue weighted by Crippen LogP contribution is -2.26. The molecule has 1 unspecified atom stereocenters. The first-order valence-electron chi connectivity index (χ1n) is 5.74. The van der Waals surface area contributed by atoms with Gasteiger partial charge in [-0.15, -0.1) is 11.8 Å². The van der Waals surface area contributed by atoms with Crippen molar-refractivity contribution in [1.29, 1.82) is 0 Å². The van der Waals surface area contributed by atoms with Gasteiger partial charge in [-0.05, 0) is 31.0 Å². The summed E-state index contributed by atoms with van der Waals surface area (Å²) < 4.78 is 5.32. The minimum Gasteiger partial charge on any atom is -0.381 e. The summed E-state index contributed by atoms with van der Waals surface area (Å²) in [5.74, 6) is 0.888. The zero-order valence-corrected chi connectivity index (χ0v) is 11.1. The highest BCUT2D eigenvalue weighted by Gasteiger charge is 2.21. The molecule has 0 saturated carbocycles. The normalized spacial score (nSPS) is 20.2. The highest BCUT2D eigenvalue weighted by atomic mass is 35.5. The van der Waals surface area contributed by atoms with Gasteiger partial charge in [0.1, 0.15) is 5.78 Å². The Morgan fingerprint density at radius 1 is 1.53 bits per heavy atom. The second-order valence-electron chi connectivity index (χ2n) is 4.13. The van der Waals surface area contributed by atoms with Crippen LogP contribution in [0, 0.1) is 5.92 Å². The Hall–Kier alpha value is -0.510. The third kappa shape index (κ3) is 4.02. The molecule has 0 N–H and O–H groups in total. The SMILES string of the molecule is O=C(CSc1cccc(Cl)c1)C1CCCOC1. The second-order valence-corrected chi connectivity index (χ2v) is 5.61. The van der Waals surface area contributed by atoms with E-state index in [4.69, 9.17) is 16.3 Å². The van der Waals surface area contributed by atoms with Crippen LogP contribution in [-0.2, 0) is 9.53 Å². The van der Waals surface area contributed by atoms with Crippen molar-refractivity contribution in [1.82, 2.24) is 0 Å². The van der Waals surface area contributed by atoms with Gasteiger partial charge in [-0.1, -0.05) is 17.7 Å². The molecule has 2 nitrogen and oxygen atoms in total. The molecule has 1 aliphatic rings. The molecule has 4 heteroatoms. The van der Waals surface area contributed by atoms with Crippen molar-refractivity contribution >= 4 is 29.1 Å². The van der Waals surface area contributed by atoms with Gasteiger partial charge in [0.2, 0.25) is 0 Å². The van der Waals surface area contributed by atoms with E-state index < -0.39 is 0 Å². The number of benzene rings is 1. The van der Waals surface area contributed by atoms with Crippen LogP contribution in [-0.4, -0.2) is 24.7 Å². The standard InChI is InChI=1S/C13H15ClO2S/c14-11-4-1-5-12(7-11)17-9-13(15)10-3-2-6-16-8-10/h1,4-5,7,10H,2-3,6,8-9H2. The van der Waals surface area contributed by atoms with Crippen LogP contribution in [0.15, 0.2) is 29.2 Å². The lowest BCUT2D eigenvalue weighted by Gasteiger charge is -2.20. The van der Waals surface area contributed by atoms with Crippen molar-refractivity contribution in [3.63, 3.8) is 0 Å². The fraction of sp³-hybridized carbons (Fsp3) is 0.462. The molecule has 1 aromatic rings. The molecule has 1 saturated heterocycles. The van der Waals surface area contributed by atoms with Crippen molar-refractivity contribution in [2.24, 2.45) is 5.92 Å². The summed E-state index contributed by atoms with van der Waals surface area (Å²) in [5, 5.41) is 0.712. The molecule has 0 spiro atoms. The zero-order chi connectivity index (χ0) is 12.1. The van der Waals surface area contributed by atoms with Gasteiger partial charge in [0, 0.05) is 22.4 Å². The maximum absolute atomic E-state index is 11.9. The second kappa shape index (κ2) is 6.43. The molecular weight excluding hydrogens is 256 g/mol. The minimum atomic E-state index is 0.0930. The largest absolute Gasteiger partial charge is 0.381 e. The van der Waals surface area contributed by atoms with Gasteiger partial charge < -0.3 is 4.74 Å². The van der Waals surface area contributed by atoms with Crippen molar-refractivity contribution in [2.75, 3.05) is 19.0 Å². The third-order valence-corrected chi connectivity index (χ3v) is 4.04. The van der Waals surface area contributed by atoms with E-state index in [0.29, 0.717) is 17.4 Å². The molecule has 0 amide bonds. The molecule has 92 valence electrons. The Bertz CT molecular complexity index is 389. The predicted octanol–water partition coefficient (Wildman–Crippen LogP) is 3.43. The van der Waals surface area contributed by atoms with Crippen molar-refractivity contribution < 1.29 is 9.53 Å². The summed E-state index contributed by atoms with van der Waals surface area (Å²) in [4.78, 5) is 13.0. The number of carbonyl (C=O) groups excluding carboxylic acids is 1. The number of Topliss-reactive ketones (excluding diaryl/α,β-unsaturated/α-hetero) is 1. The highest BCUT2D eigenvalue weighted by Crippen LogP contribution is 2.24. The Balaban J connectivity index is 1.83. The highest BCUT2D eigenvalue weighted by molar-refractivity contribution is 8.00. The zero-order valence-electron chi connectivity index (χ0n) is 9.52. The molecule has 1 aliphatic heterocycles. The summed E-state index contributed by atoms with van der Waals surface area (Å²) in [6.07, 6.45) is 1.97. The maximum Gasteiger partial charge on any atom is 0.148 e. The van der Waals surface area contributed by atoms with E-state index in [1.165, 1.54) is 0 Å². The quantitative estimate of drug-likeness (QED) is 0.784. The van der Waals surface area contributed by atoms with E-state index in [-0.39, 0.29) is 11.7 Å². The van der Waals surface area contributed by atoms with Crippen LogP contribution in [0.1, 0.15) is 12.8 Å². The van der Waals surface area contributed by atoms with Crippen LogP contribution in [0.4, 0.5) is 0 Å². The van der Waals surface area contributed by atoms with Crippen molar-refractivity contribution in [3.8, 4) is 0 Å². The van der Waals surface area contributed by atoms with Gasteiger partial charge in [0.05, 0.1) is 12.4 Å². The fourth-order valence-corrected chi connectivity index (χ4v) is 3.01. The molecule has 1 heterocycles. The lowest BCUT2D eigenvalue weighted by atomic mass is 9.99. The smallest absolute Gasteiger partial charge is 0.148 e. The molecule has 1 atom stereocenters. The van der Waals surface area contributed by atoms with Crippen LogP contribution in [0.25, 0.3) is 0 Å². The van der Waals surface area contributed by atoms with E-state index in [9.17, 15) is 4.79 Å². The summed E-state index contributed by atoms with van der Waals surface area (Å²) in [6, 6.07) is 7.60. The van der Waals surface area contributed by atoms with E-state index in [0.717, 1.165) is 24.3 Å². The number of hydrogen-bond acceptors (Lipinski definition) is 3. The van der Waals surface area contributed by atoms with Crippen LogP contribution in [0.3, 0.4) is 0 Å². The number of rotatable bonds is 4. The van der Waals surface area contributed by atoms with Gasteiger partial charge in [0.15, 0.2) is 0 Å². The van der Waals surface area contributed by atoms with Gasteiger partial charge in [0.25, 0.3) is 0 Å². The average molecular weight is 271 g/mol. The van der Waals surface area contributed by atoms with Crippen LogP contribution in [0.5, 0.6) is 0 Å². The molecule has 0 bridgehead atoms. The van der Waals surface area contributed by atoms with E-state index in [1.807, 2.05) is 24.3 Å². The first-order chi connectivity index (χ1) is 8.25. The predicted molar refractivity (Wildman–Crippen MR) is 70.7 cm³/mol. The number of ketones is 1. The Morgan fingerprint density at radius 2 is 2.41 bits per heavy atom. The minimum absolute atomic E-state index is 0.0930. The van der Waals surface area contributed by atoms with Gasteiger partial charge in [-0.25, -0.2) is 0 Å². The van der Waals surface area contributed by atoms with Crippen LogP contribution >= 0.6 is 23.4 Å². The topological polar surface area (TPSA) is 26.3 Å². The van der Waals surface area contributed by atoms with Crippen molar-refractivity contribution in [2.45, 2.75) is 17.7 Å². The number of carbonyl (C=O) groups is 1. The lowest BCUT2D eigenvalue weighted by molar-refractivity contribution is -0.124. The van der Waals surface area contributed by atoms with Crippen LogP contribution in [0.2, 0.25) is 5.02 Å². The molecular formula is C13H15ClO2S. The Kier molecular flexibility index (Phi) is 4.89. The number of ether oxygens (including phenoxy) is 1. The van der Waals surface area contributed by atoms with E-state index >= 15 is 0 Å². The van der Waals surface area contributed by atoms with E-state index in [1.54, 1.807) is 11.8 Å². The average Bonchev–Trinajstić information content (AvgIpc) is 2.37. The summed E-state index contributed by atoms with van der Waals surface area (Å²) in [7, 11) is 0. The van der Waals surface area contributed by atoms with Gasteiger partial charge in [-0.2, -0.15) is 0 Å². The fourth-order valence-electron chi connectivity index (χ4n) is 1.82. The maximum atomic E-state index is 11.9. The van der Waals surface area contributed by atoms with Crippen molar-refractivity contribution in [3.05, 3.63) is 29.3 Å². The third-order valence-electron chi connectivity index (χ3n) is 2.79. The molecule has 0 aromatic heterocycles. The molecule has 0 radical (unpaired) electrons. The molecule has 0 aliphatic carbocycles.